The van der Waals surface area contributed by atoms with Crippen LogP contribution < -0.4 is 15.4 Å². The molecule has 28 heavy (non-hydrogen) atoms. The molecule has 0 aliphatic carbocycles. The number of sulfonamides is 1. The highest BCUT2D eigenvalue weighted by molar-refractivity contribution is 9.10. The van der Waals surface area contributed by atoms with Crippen molar-refractivity contribution < 1.29 is 18.0 Å². The minimum absolute atomic E-state index is 0.216. The van der Waals surface area contributed by atoms with Gasteiger partial charge in [0.15, 0.2) is 0 Å². The second kappa shape index (κ2) is 10.4. The van der Waals surface area contributed by atoms with E-state index in [0.717, 1.165) is 10.0 Å². The van der Waals surface area contributed by atoms with Crippen molar-refractivity contribution in [3.8, 4) is 0 Å². The third kappa shape index (κ3) is 7.79. The minimum Gasteiger partial charge on any atom is -0.348 e. The van der Waals surface area contributed by atoms with E-state index < -0.39 is 22.5 Å². The van der Waals surface area contributed by atoms with Gasteiger partial charge in [0.05, 0.1) is 24.9 Å². The number of amides is 2. The maximum atomic E-state index is 12.0. The number of rotatable bonds is 9. The van der Waals surface area contributed by atoms with Crippen molar-refractivity contribution in [2.24, 2.45) is 0 Å². The van der Waals surface area contributed by atoms with E-state index in [9.17, 15) is 18.0 Å². The average molecular weight is 468 g/mol. The van der Waals surface area contributed by atoms with E-state index in [1.54, 1.807) is 30.3 Å². The number of hydrogen-bond donors (Lipinski definition) is 3. The molecule has 1 unspecified atom stereocenters. The van der Waals surface area contributed by atoms with E-state index in [4.69, 9.17) is 0 Å². The molecule has 0 aliphatic heterocycles. The number of carbonyl (C=O) groups excluding carboxylic acids is 2. The van der Waals surface area contributed by atoms with Crippen LogP contribution in [-0.4, -0.2) is 33.3 Å². The van der Waals surface area contributed by atoms with Crippen molar-refractivity contribution in [1.82, 2.24) is 15.4 Å². The Morgan fingerprint density at radius 2 is 1.61 bits per heavy atom. The molecule has 0 bridgehead atoms. The first-order chi connectivity index (χ1) is 13.2. The Labute approximate surface area is 173 Å². The van der Waals surface area contributed by atoms with E-state index in [1.807, 2.05) is 31.2 Å². The number of hydrogen-bond acceptors (Lipinski definition) is 4. The summed E-state index contributed by atoms with van der Waals surface area (Å²) in [6.45, 7) is 1.17. The van der Waals surface area contributed by atoms with E-state index in [-0.39, 0.29) is 24.2 Å². The van der Waals surface area contributed by atoms with Crippen LogP contribution >= 0.6 is 15.9 Å². The van der Waals surface area contributed by atoms with Crippen molar-refractivity contribution in [1.29, 1.82) is 0 Å². The van der Waals surface area contributed by atoms with Gasteiger partial charge in [-0.3, -0.25) is 9.59 Å². The summed E-state index contributed by atoms with van der Waals surface area (Å²) in [7, 11) is -3.64. The highest BCUT2D eigenvalue weighted by atomic mass is 79.9. The number of nitrogens with one attached hydrogen (secondary N) is 3. The SMILES string of the molecule is CC(NC(=O)CNC(=O)CNS(=O)(=O)Cc1ccccc1)c1ccc(Br)cc1. The Morgan fingerprint density at radius 1 is 0.964 bits per heavy atom. The molecule has 0 fully saturated rings. The van der Waals surface area contributed by atoms with Crippen LogP contribution in [0.5, 0.6) is 0 Å². The molecule has 0 saturated heterocycles. The first-order valence-corrected chi connectivity index (χ1v) is 11.0. The molecule has 0 saturated carbocycles. The molecule has 0 spiro atoms. The Hall–Kier alpha value is -2.23. The molecule has 2 rings (SSSR count). The van der Waals surface area contributed by atoms with Crippen LogP contribution in [0, 0.1) is 0 Å². The van der Waals surface area contributed by atoms with Gasteiger partial charge in [0, 0.05) is 4.47 Å². The fraction of sp³-hybridized carbons (Fsp3) is 0.263. The summed E-state index contributed by atoms with van der Waals surface area (Å²) < 4.78 is 27.2. The zero-order valence-electron chi connectivity index (χ0n) is 15.3. The molecular formula is C19H22BrN3O4S. The zero-order valence-corrected chi connectivity index (χ0v) is 17.7. The first kappa shape index (κ1) is 22.1. The van der Waals surface area contributed by atoms with E-state index in [2.05, 4.69) is 31.3 Å². The van der Waals surface area contributed by atoms with Gasteiger partial charge in [-0.25, -0.2) is 13.1 Å². The van der Waals surface area contributed by atoms with Gasteiger partial charge in [-0.05, 0) is 30.2 Å². The van der Waals surface area contributed by atoms with Gasteiger partial charge in [-0.15, -0.1) is 0 Å². The fourth-order valence-electron chi connectivity index (χ4n) is 2.39. The topological polar surface area (TPSA) is 104 Å². The van der Waals surface area contributed by atoms with Crippen LogP contribution in [-0.2, 0) is 25.4 Å². The highest BCUT2D eigenvalue weighted by Gasteiger charge is 2.14. The fourth-order valence-corrected chi connectivity index (χ4v) is 3.74. The largest absolute Gasteiger partial charge is 0.348 e. The van der Waals surface area contributed by atoms with Crippen LogP contribution in [0.1, 0.15) is 24.1 Å². The van der Waals surface area contributed by atoms with Crippen molar-refractivity contribution in [3.05, 3.63) is 70.2 Å². The summed E-state index contributed by atoms with van der Waals surface area (Å²) in [5.41, 5.74) is 1.55. The zero-order chi connectivity index (χ0) is 20.6. The minimum atomic E-state index is -3.64. The molecule has 2 aromatic carbocycles. The van der Waals surface area contributed by atoms with E-state index >= 15 is 0 Å². The average Bonchev–Trinajstić information content (AvgIpc) is 2.66. The van der Waals surface area contributed by atoms with Crippen molar-refractivity contribution in [3.63, 3.8) is 0 Å². The molecule has 3 N–H and O–H groups in total. The van der Waals surface area contributed by atoms with E-state index in [1.165, 1.54) is 0 Å². The smallest absolute Gasteiger partial charge is 0.239 e. The molecule has 0 heterocycles. The van der Waals surface area contributed by atoms with Crippen LogP contribution in [0.4, 0.5) is 0 Å². The van der Waals surface area contributed by atoms with Gasteiger partial charge in [0.2, 0.25) is 21.8 Å². The lowest BCUT2D eigenvalue weighted by Gasteiger charge is -2.15. The standard InChI is InChI=1S/C19H22BrN3O4S/c1-14(16-7-9-17(20)10-8-16)23-19(25)11-21-18(24)12-22-28(26,27)13-15-5-3-2-4-6-15/h2-10,14,22H,11-13H2,1H3,(H,21,24)(H,23,25). The molecule has 9 heteroatoms. The van der Waals surface area contributed by atoms with Gasteiger partial charge < -0.3 is 10.6 Å². The van der Waals surface area contributed by atoms with Crippen LogP contribution in [0.2, 0.25) is 0 Å². The summed E-state index contributed by atoms with van der Waals surface area (Å²) in [6, 6.07) is 16.0. The Balaban J connectivity index is 1.72. The van der Waals surface area contributed by atoms with E-state index in [0.29, 0.717) is 5.56 Å². The maximum Gasteiger partial charge on any atom is 0.239 e. The lowest BCUT2D eigenvalue weighted by Crippen LogP contribution is -2.42. The normalized spacial score (nSPS) is 12.2. The second-order valence-corrected chi connectivity index (χ2v) is 8.91. The lowest BCUT2D eigenvalue weighted by atomic mass is 10.1. The molecule has 2 amide bonds. The van der Waals surface area contributed by atoms with Gasteiger partial charge in [-0.2, -0.15) is 0 Å². The molecule has 0 radical (unpaired) electrons. The molecule has 1 atom stereocenters. The van der Waals surface area contributed by atoms with Gasteiger partial charge in [0.1, 0.15) is 0 Å². The van der Waals surface area contributed by atoms with Gasteiger partial charge in [-0.1, -0.05) is 58.4 Å². The van der Waals surface area contributed by atoms with Gasteiger partial charge >= 0.3 is 0 Å². The molecule has 2 aromatic rings. The highest BCUT2D eigenvalue weighted by Crippen LogP contribution is 2.16. The second-order valence-electron chi connectivity index (χ2n) is 6.18. The Kier molecular flexibility index (Phi) is 8.16. The van der Waals surface area contributed by atoms with Crippen LogP contribution in [0.25, 0.3) is 0 Å². The van der Waals surface area contributed by atoms with Gasteiger partial charge in [0.25, 0.3) is 0 Å². The molecule has 150 valence electrons. The molecule has 7 nitrogen and oxygen atoms in total. The molecular weight excluding hydrogens is 446 g/mol. The predicted octanol–water partition coefficient (Wildman–Crippen LogP) is 1.86. The monoisotopic (exact) mass is 467 g/mol. The summed E-state index contributed by atoms with van der Waals surface area (Å²) in [5.74, 6) is -1.16. The third-order valence-corrected chi connectivity index (χ3v) is 5.67. The molecule has 0 aliphatic rings. The van der Waals surface area contributed by atoms with Crippen LogP contribution in [0.15, 0.2) is 59.1 Å². The predicted molar refractivity (Wildman–Crippen MR) is 111 cm³/mol. The third-order valence-electron chi connectivity index (χ3n) is 3.85. The Bertz CT molecular complexity index is 903. The van der Waals surface area contributed by atoms with Crippen LogP contribution in [0.3, 0.4) is 0 Å². The lowest BCUT2D eigenvalue weighted by molar-refractivity contribution is -0.125. The Morgan fingerprint density at radius 3 is 2.25 bits per heavy atom. The summed E-state index contributed by atoms with van der Waals surface area (Å²) >= 11 is 3.35. The maximum absolute atomic E-state index is 12.0. The number of carbonyl (C=O) groups is 2. The summed E-state index contributed by atoms with van der Waals surface area (Å²) in [5, 5.41) is 5.17. The molecule has 0 aromatic heterocycles. The van der Waals surface area contributed by atoms with Crippen molar-refractivity contribution >= 4 is 37.8 Å². The summed E-state index contributed by atoms with van der Waals surface area (Å²) in [6.07, 6.45) is 0. The number of benzene rings is 2. The van der Waals surface area contributed by atoms with Crippen molar-refractivity contribution in [2.75, 3.05) is 13.1 Å². The number of halogens is 1. The first-order valence-electron chi connectivity index (χ1n) is 8.58. The van der Waals surface area contributed by atoms with Crippen molar-refractivity contribution in [2.45, 2.75) is 18.7 Å². The quantitative estimate of drug-likeness (QED) is 0.523. The summed E-state index contributed by atoms with van der Waals surface area (Å²) in [4.78, 5) is 23.8.